The zero-order valence-corrected chi connectivity index (χ0v) is 12.5. The summed E-state index contributed by atoms with van der Waals surface area (Å²) in [5, 5.41) is 2.78. The second-order valence-corrected chi connectivity index (χ2v) is 4.78. The summed E-state index contributed by atoms with van der Waals surface area (Å²) in [6.45, 7) is 3.51. The molecule has 0 aromatic heterocycles. The summed E-state index contributed by atoms with van der Waals surface area (Å²) in [6.07, 6.45) is -0.428. The molecule has 1 saturated heterocycles. The molecule has 1 aromatic rings. The van der Waals surface area contributed by atoms with Gasteiger partial charge in [0.25, 0.3) is 0 Å². The Labute approximate surface area is 125 Å². The lowest BCUT2D eigenvalue weighted by Gasteiger charge is -2.35. The van der Waals surface area contributed by atoms with E-state index in [1.807, 2.05) is 24.3 Å². The van der Waals surface area contributed by atoms with Crippen molar-refractivity contribution < 1.29 is 19.0 Å². The van der Waals surface area contributed by atoms with Crippen molar-refractivity contribution in [3.05, 3.63) is 29.8 Å². The molecular formula is C15H22N2O4. The van der Waals surface area contributed by atoms with Crippen LogP contribution in [0.3, 0.4) is 0 Å². The third-order valence-electron chi connectivity index (χ3n) is 3.61. The molecule has 0 saturated carbocycles. The SMILES string of the molecule is COC(=O)NCC(c1ccccc1OC)N1CCOCC1. The van der Waals surface area contributed by atoms with Crippen LogP contribution in [0.1, 0.15) is 11.6 Å². The van der Waals surface area contributed by atoms with Crippen molar-refractivity contribution in [1.82, 2.24) is 10.2 Å². The van der Waals surface area contributed by atoms with Crippen molar-refractivity contribution >= 4 is 6.09 Å². The zero-order valence-electron chi connectivity index (χ0n) is 12.5. The number of para-hydroxylation sites is 1. The van der Waals surface area contributed by atoms with E-state index in [1.165, 1.54) is 7.11 Å². The van der Waals surface area contributed by atoms with E-state index in [2.05, 4.69) is 15.0 Å². The van der Waals surface area contributed by atoms with Gasteiger partial charge in [-0.2, -0.15) is 0 Å². The van der Waals surface area contributed by atoms with Crippen molar-refractivity contribution in [2.24, 2.45) is 0 Å². The first-order chi connectivity index (χ1) is 10.3. The Hall–Kier alpha value is -1.79. The van der Waals surface area contributed by atoms with Gasteiger partial charge in [-0.1, -0.05) is 18.2 Å². The number of carbonyl (C=O) groups excluding carboxylic acids is 1. The van der Waals surface area contributed by atoms with Crippen LogP contribution in [0.15, 0.2) is 24.3 Å². The minimum absolute atomic E-state index is 0.0316. The van der Waals surface area contributed by atoms with Gasteiger partial charge in [0.05, 0.1) is 33.5 Å². The largest absolute Gasteiger partial charge is 0.496 e. The topological polar surface area (TPSA) is 60.0 Å². The van der Waals surface area contributed by atoms with Gasteiger partial charge in [-0.25, -0.2) is 4.79 Å². The Bertz CT molecular complexity index is 461. The maximum Gasteiger partial charge on any atom is 0.406 e. The monoisotopic (exact) mass is 294 g/mol. The van der Waals surface area contributed by atoms with E-state index in [9.17, 15) is 4.79 Å². The third kappa shape index (κ3) is 4.09. The molecule has 1 fully saturated rings. The van der Waals surface area contributed by atoms with Crippen molar-refractivity contribution in [2.45, 2.75) is 6.04 Å². The highest BCUT2D eigenvalue weighted by molar-refractivity contribution is 5.67. The summed E-state index contributed by atoms with van der Waals surface area (Å²) in [7, 11) is 3.02. The van der Waals surface area contributed by atoms with E-state index in [-0.39, 0.29) is 6.04 Å². The quantitative estimate of drug-likeness (QED) is 0.890. The summed E-state index contributed by atoms with van der Waals surface area (Å²) in [5.41, 5.74) is 1.05. The van der Waals surface area contributed by atoms with Crippen LogP contribution >= 0.6 is 0 Å². The van der Waals surface area contributed by atoms with Gasteiger partial charge >= 0.3 is 6.09 Å². The zero-order chi connectivity index (χ0) is 15.1. The minimum Gasteiger partial charge on any atom is -0.496 e. The maximum atomic E-state index is 11.4. The number of methoxy groups -OCH3 is 2. The van der Waals surface area contributed by atoms with E-state index < -0.39 is 6.09 Å². The third-order valence-corrected chi connectivity index (χ3v) is 3.61. The standard InChI is InChI=1S/C15H22N2O4/c1-19-14-6-4-3-5-12(14)13(11-16-15(18)20-2)17-7-9-21-10-8-17/h3-6,13H,7-11H2,1-2H3,(H,16,18). The average Bonchev–Trinajstić information content (AvgIpc) is 2.56. The van der Waals surface area contributed by atoms with Crippen LogP contribution in [-0.2, 0) is 9.47 Å². The summed E-state index contributed by atoms with van der Waals surface area (Å²) < 4.78 is 15.5. The maximum absolute atomic E-state index is 11.4. The Kier molecular flexibility index (Phi) is 5.83. The number of morpholine rings is 1. The molecular weight excluding hydrogens is 272 g/mol. The number of alkyl carbamates (subject to hydrolysis) is 1. The second-order valence-electron chi connectivity index (χ2n) is 4.78. The number of nitrogens with one attached hydrogen (secondary N) is 1. The lowest BCUT2D eigenvalue weighted by Crippen LogP contribution is -2.43. The molecule has 1 aromatic carbocycles. The van der Waals surface area contributed by atoms with Crippen molar-refractivity contribution in [1.29, 1.82) is 0 Å². The second kappa shape index (κ2) is 7.85. The Morgan fingerprint density at radius 2 is 2.05 bits per heavy atom. The first kappa shape index (κ1) is 15.6. The molecule has 1 aliphatic rings. The Morgan fingerprint density at radius 1 is 1.33 bits per heavy atom. The van der Waals surface area contributed by atoms with E-state index in [0.717, 1.165) is 24.4 Å². The fraction of sp³-hybridized carbons (Fsp3) is 0.533. The number of carbonyl (C=O) groups is 1. The number of nitrogens with zero attached hydrogens (tertiary/aromatic N) is 1. The summed E-state index contributed by atoms with van der Waals surface area (Å²) in [5.74, 6) is 0.820. The normalized spacial score (nSPS) is 17.0. The van der Waals surface area contributed by atoms with Crippen molar-refractivity contribution in [2.75, 3.05) is 47.1 Å². The summed E-state index contributed by atoms with van der Waals surface area (Å²) >= 11 is 0. The molecule has 6 heteroatoms. The van der Waals surface area contributed by atoms with Crippen LogP contribution < -0.4 is 10.1 Å². The molecule has 0 bridgehead atoms. The fourth-order valence-electron chi connectivity index (χ4n) is 2.52. The van der Waals surface area contributed by atoms with E-state index in [0.29, 0.717) is 19.8 Å². The van der Waals surface area contributed by atoms with Gasteiger partial charge < -0.3 is 19.5 Å². The smallest absolute Gasteiger partial charge is 0.406 e. The molecule has 0 radical (unpaired) electrons. The minimum atomic E-state index is -0.428. The van der Waals surface area contributed by atoms with E-state index >= 15 is 0 Å². The molecule has 0 spiro atoms. The van der Waals surface area contributed by atoms with Crippen LogP contribution in [0.4, 0.5) is 4.79 Å². The summed E-state index contributed by atoms with van der Waals surface area (Å²) in [4.78, 5) is 13.7. The van der Waals surface area contributed by atoms with Gasteiger partial charge in [0.15, 0.2) is 0 Å². The lowest BCUT2D eigenvalue weighted by atomic mass is 10.0. The van der Waals surface area contributed by atoms with Gasteiger partial charge in [-0.15, -0.1) is 0 Å². The first-order valence-corrected chi connectivity index (χ1v) is 7.02. The predicted molar refractivity (Wildman–Crippen MR) is 78.5 cm³/mol. The number of rotatable bonds is 5. The highest BCUT2D eigenvalue weighted by atomic mass is 16.5. The fourth-order valence-corrected chi connectivity index (χ4v) is 2.52. The van der Waals surface area contributed by atoms with Crippen LogP contribution in [0, 0.1) is 0 Å². The number of amides is 1. The van der Waals surface area contributed by atoms with Crippen molar-refractivity contribution in [3.63, 3.8) is 0 Å². The number of benzene rings is 1. The van der Waals surface area contributed by atoms with Gasteiger partial charge in [0.1, 0.15) is 5.75 Å². The lowest BCUT2D eigenvalue weighted by molar-refractivity contribution is 0.0157. The average molecular weight is 294 g/mol. The van der Waals surface area contributed by atoms with Crippen molar-refractivity contribution in [3.8, 4) is 5.75 Å². The van der Waals surface area contributed by atoms with Gasteiger partial charge in [-0.05, 0) is 6.07 Å². The molecule has 1 N–H and O–H groups in total. The molecule has 1 heterocycles. The molecule has 21 heavy (non-hydrogen) atoms. The van der Waals surface area contributed by atoms with Crippen LogP contribution in [0.2, 0.25) is 0 Å². The van der Waals surface area contributed by atoms with Gasteiger partial charge in [0.2, 0.25) is 0 Å². The number of hydrogen-bond acceptors (Lipinski definition) is 5. The molecule has 2 rings (SSSR count). The first-order valence-electron chi connectivity index (χ1n) is 7.02. The number of ether oxygens (including phenoxy) is 3. The number of hydrogen-bond donors (Lipinski definition) is 1. The van der Waals surface area contributed by atoms with Gasteiger partial charge in [-0.3, -0.25) is 4.90 Å². The van der Waals surface area contributed by atoms with Crippen LogP contribution in [0.5, 0.6) is 5.75 Å². The van der Waals surface area contributed by atoms with Crippen LogP contribution in [-0.4, -0.2) is 58.1 Å². The van der Waals surface area contributed by atoms with E-state index in [4.69, 9.17) is 9.47 Å². The molecule has 1 atom stereocenters. The predicted octanol–water partition coefficient (Wildman–Crippen LogP) is 1.42. The Balaban J connectivity index is 2.19. The molecule has 6 nitrogen and oxygen atoms in total. The molecule has 1 aliphatic heterocycles. The molecule has 116 valence electrons. The highest BCUT2D eigenvalue weighted by Gasteiger charge is 2.25. The van der Waals surface area contributed by atoms with E-state index in [1.54, 1.807) is 7.11 Å². The summed E-state index contributed by atoms with van der Waals surface area (Å²) in [6, 6.07) is 7.90. The highest BCUT2D eigenvalue weighted by Crippen LogP contribution is 2.29. The van der Waals surface area contributed by atoms with Crippen LogP contribution in [0.25, 0.3) is 0 Å². The van der Waals surface area contributed by atoms with Gasteiger partial charge in [0, 0.05) is 25.2 Å². The molecule has 1 unspecified atom stereocenters. The molecule has 0 aliphatic carbocycles. The molecule has 1 amide bonds. The Morgan fingerprint density at radius 3 is 2.71 bits per heavy atom.